The highest BCUT2D eigenvalue weighted by atomic mass is 16.6. The molecule has 2 rings (SSSR count). The van der Waals surface area contributed by atoms with E-state index >= 15 is 0 Å². The fourth-order valence-electron chi connectivity index (χ4n) is 2.44. The van der Waals surface area contributed by atoms with Crippen molar-refractivity contribution in [1.29, 1.82) is 0 Å². The van der Waals surface area contributed by atoms with Gasteiger partial charge in [0.1, 0.15) is 13.2 Å². The number of hydrogen-bond donors (Lipinski definition) is 1. The summed E-state index contributed by atoms with van der Waals surface area (Å²) in [6, 6.07) is 5.46. The first kappa shape index (κ1) is 21.4. The van der Waals surface area contributed by atoms with Gasteiger partial charge in [0.05, 0.1) is 58.6 Å². The van der Waals surface area contributed by atoms with Gasteiger partial charge in [-0.05, 0) is 24.6 Å². The van der Waals surface area contributed by atoms with Gasteiger partial charge in [0.15, 0.2) is 11.5 Å². The summed E-state index contributed by atoms with van der Waals surface area (Å²) in [5.41, 5.74) is 1.37. The van der Waals surface area contributed by atoms with E-state index in [1.165, 1.54) is 0 Å². The Labute approximate surface area is 159 Å². The molecule has 27 heavy (non-hydrogen) atoms. The molecule has 0 saturated heterocycles. The summed E-state index contributed by atoms with van der Waals surface area (Å²) in [7, 11) is 0. The van der Waals surface area contributed by atoms with E-state index in [-0.39, 0.29) is 0 Å². The second kappa shape index (κ2) is 13.3. The van der Waals surface area contributed by atoms with E-state index in [1.54, 1.807) is 0 Å². The molecule has 152 valence electrons. The molecule has 8 heteroatoms. The summed E-state index contributed by atoms with van der Waals surface area (Å²) in [4.78, 5) is 0. The monoisotopic (exact) mass is 383 g/mol. The average Bonchev–Trinajstić information content (AvgIpc) is 2.69. The van der Waals surface area contributed by atoms with Crippen molar-refractivity contribution >= 4 is 5.71 Å². The molecule has 1 heterocycles. The minimum atomic E-state index is 0.372. The topological polar surface area (TPSA) is 88.0 Å². The molecule has 0 aromatic heterocycles. The molecule has 8 nitrogen and oxygen atoms in total. The normalized spacial score (nSPS) is 19.1. The largest absolute Gasteiger partial charge is 0.487 e. The smallest absolute Gasteiger partial charge is 0.161 e. The molecule has 0 unspecified atom stereocenters. The number of hydrogen-bond acceptors (Lipinski definition) is 8. The number of rotatable bonds is 2. The number of benzene rings is 1. The van der Waals surface area contributed by atoms with Gasteiger partial charge in [-0.1, -0.05) is 12.1 Å². The van der Waals surface area contributed by atoms with Crippen molar-refractivity contribution in [2.24, 2.45) is 5.16 Å². The van der Waals surface area contributed by atoms with E-state index in [1.807, 2.05) is 25.1 Å². The first-order valence-electron chi connectivity index (χ1n) is 9.27. The van der Waals surface area contributed by atoms with Crippen LogP contribution in [0.2, 0.25) is 0 Å². The summed E-state index contributed by atoms with van der Waals surface area (Å²) >= 11 is 0. The Morgan fingerprint density at radius 2 is 1.26 bits per heavy atom. The maximum Gasteiger partial charge on any atom is 0.161 e. The van der Waals surface area contributed by atoms with Gasteiger partial charge < -0.3 is 33.6 Å². The minimum absolute atomic E-state index is 0.372. The van der Waals surface area contributed by atoms with E-state index in [0.717, 1.165) is 5.56 Å². The predicted octanol–water partition coefficient (Wildman–Crippen LogP) is 2.11. The lowest BCUT2D eigenvalue weighted by Crippen LogP contribution is -2.16. The highest BCUT2D eigenvalue weighted by Gasteiger charge is 2.11. The third-order valence-corrected chi connectivity index (χ3v) is 3.82. The molecule has 1 aliphatic heterocycles. The molecule has 0 amide bonds. The molecule has 0 saturated carbocycles. The summed E-state index contributed by atoms with van der Waals surface area (Å²) < 4.78 is 33.4. The Bertz CT molecular complexity index is 565. The fraction of sp³-hybridized carbons (Fsp3) is 0.632. The summed E-state index contributed by atoms with van der Waals surface area (Å²) in [6.45, 7) is 6.66. The lowest BCUT2D eigenvalue weighted by atomic mass is 10.1. The zero-order chi connectivity index (χ0) is 19.2. The average molecular weight is 383 g/mol. The SMILES string of the molecule is CC/C(=N\O)c1ccc2c(c1)OCCOCCOCCOCCOCCO2. The maximum atomic E-state index is 9.14. The van der Waals surface area contributed by atoms with Gasteiger partial charge >= 0.3 is 0 Å². The van der Waals surface area contributed by atoms with Crippen molar-refractivity contribution in [2.75, 3.05) is 66.1 Å². The molecular weight excluding hydrogens is 354 g/mol. The van der Waals surface area contributed by atoms with Gasteiger partial charge in [-0.3, -0.25) is 0 Å². The van der Waals surface area contributed by atoms with Crippen molar-refractivity contribution in [3.05, 3.63) is 23.8 Å². The zero-order valence-electron chi connectivity index (χ0n) is 15.9. The number of ether oxygens (including phenoxy) is 6. The Balaban J connectivity index is 2.00. The molecule has 1 aliphatic rings. The van der Waals surface area contributed by atoms with Gasteiger partial charge in [-0.25, -0.2) is 0 Å². The Hall–Kier alpha value is -1.87. The van der Waals surface area contributed by atoms with Crippen LogP contribution in [0.5, 0.6) is 11.5 Å². The molecule has 0 aliphatic carbocycles. The zero-order valence-corrected chi connectivity index (χ0v) is 15.9. The van der Waals surface area contributed by atoms with Crippen LogP contribution in [0.3, 0.4) is 0 Å². The van der Waals surface area contributed by atoms with Crippen molar-refractivity contribution in [1.82, 2.24) is 0 Å². The molecule has 0 atom stereocenters. The van der Waals surface area contributed by atoms with E-state index in [0.29, 0.717) is 89.7 Å². The van der Waals surface area contributed by atoms with Crippen LogP contribution in [-0.4, -0.2) is 77.0 Å². The fourth-order valence-corrected chi connectivity index (χ4v) is 2.44. The second-order valence-electron chi connectivity index (χ2n) is 5.71. The molecule has 0 bridgehead atoms. The Morgan fingerprint density at radius 1 is 0.778 bits per heavy atom. The minimum Gasteiger partial charge on any atom is -0.487 e. The standard InChI is InChI=1S/C19H29NO7/c1-2-17(20-21)16-3-4-18-19(15-16)27-14-12-25-10-8-23-6-5-22-7-9-24-11-13-26-18/h3-4,15,21H,2,5-14H2,1H3/b20-17+. The van der Waals surface area contributed by atoms with Gasteiger partial charge in [-0.15, -0.1) is 0 Å². The van der Waals surface area contributed by atoms with Crippen molar-refractivity contribution in [2.45, 2.75) is 13.3 Å². The van der Waals surface area contributed by atoms with Crippen LogP contribution in [0, 0.1) is 0 Å². The van der Waals surface area contributed by atoms with Crippen molar-refractivity contribution < 1.29 is 33.6 Å². The highest BCUT2D eigenvalue weighted by molar-refractivity contribution is 6.00. The van der Waals surface area contributed by atoms with Crippen LogP contribution < -0.4 is 9.47 Å². The van der Waals surface area contributed by atoms with Crippen LogP contribution in [0.25, 0.3) is 0 Å². The molecule has 0 spiro atoms. The van der Waals surface area contributed by atoms with Crippen LogP contribution in [-0.2, 0) is 18.9 Å². The van der Waals surface area contributed by atoms with Crippen molar-refractivity contribution in [3.8, 4) is 11.5 Å². The van der Waals surface area contributed by atoms with Crippen LogP contribution >= 0.6 is 0 Å². The highest BCUT2D eigenvalue weighted by Crippen LogP contribution is 2.29. The number of fused-ring (bicyclic) bond motifs is 1. The maximum absolute atomic E-state index is 9.14. The molecular formula is C19H29NO7. The number of oxime groups is 1. The van der Waals surface area contributed by atoms with Crippen LogP contribution in [0.15, 0.2) is 23.4 Å². The summed E-state index contributed by atoms with van der Waals surface area (Å²) in [6.07, 6.45) is 0.606. The van der Waals surface area contributed by atoms with E-state index in [9.17, 15) is 0 Å². The quantitative estimate of drug-likeness (QED) is 0.475. The first-order valence-corrected chi connectivity index (χ1v) is 9.27. The molecule has 0 fully saturated rings. The van der Waals surface area contributed by atoms with E-state index in [2.05, 4.69) is 5.16 Å². The molecule has 1 N–H and O–H groups in total. The Morgan fingerprint density at radius 3 is 1.74 bits per heavy atom. The molecule has 1 aromatic carbocycles. The van der Waals surface area contributed by atoms with Crippen molar-refractivity contribution in [3.63, 3.8) is 0 Å². The van der Waals surface area contributed by atoms with E-state index in [4.69, 9.17) is 33.6 Å². The summed E-state index contributed by atoms with van der Waals surface area (Å²) in [5.74, 6) is 1.18. The second-order valence-corrected chi connectivity index (χ2v) is 5.71. The third kappa shape index (κ3) is 8.13. The predicted molar refractivity (Wildman–Crippen MR) is 99.3 cm³/mol. The van der Waals surface area contributed by atoms with Crippen LogP contribution in [0.1, 0.15) is 18.9 Å². The van der Waals surface area contributed by atoms with Gasteiger partial charge in [0.25, 0.3) is 0 Å². The Kier molecular flexibility index (Phi) is 10.6. The van der Waals surface area contributed by atoms with Gasteiger partial charge in [0.2, 0.25) is 0 Å². The molecule has 1 aromatic rings. The molecule has 0 radical (unpaired) electrons. The third-order valence-electron chi connectivity index (χ3n) is 3.82. The van der Waals surface area contributed by atoms with Gasteiger partial charge in [-0.2, -0.15) is 0 Å². The van der Waals surface area contributed by atoms with Crippen LogP contribution in [0.4, 0.5) is 0 Å². The lowest BCUT2D eigenvalue weighted by Gasteiger charge is -2.15. The number of nitrogens with zero attached hydrogens (tertiary/aromatic N) is 1. The van der Waals surface area contributed by atoms with Gasteiger partial charge in [0, 0.05) is 5.56 Å². The lowest BCUT2D eigenvalue weighted by molar-refractivity contribution is -0.00841. The summed E-state index contributed by atoms with van der Waals surface area (Å²) in [5, 5.41) is 12.5. The van der Waals surface area contributed by atoms with E-state index < -0.39 is 0 Å². The first-order chi connectivity index (χ1) is 13.3.